The van der Waals surface area contributed by atoms with Crippen LogP contribution in [0.4, 0.5) is 5.69 Å². The predicted octanol–water partition coefficient (Wildman–Crippen LogP) is 8.14. The summed E-state index contributed by atoms with van der Waals surface area (Å²) in [7, 11) is 0. The highest BCUT2D eigenvalue weighted by atomic mass is 35.5. The number of benzene rings is 4. The maximum absolute atomic E-state index is 6.61. The molecule has 2 saturated heterocycles. The van der Waals surface area contributed by atoms with Crippen LogP contribution in [0.5, 0.6) is 5.75 Å². The normalized spacial score (nSPS) is 19.9. The van der Waals surface area contributed by atoms with Gasteiger partial charge in [0, 0.05) is 67.0 Å². The third-order valence-electron chi connectivity index (χ3n) is 9.06. The molecule has 0 radical (unpaired) electrons. The number of fused-ring (bicyclic) bond motifs is 1. The van der Waals surface area contributed by atoms with Crippen molar-refractivity contribution >= 4 is 50.4 Å². The SMILES string of the molecule is Clc1ccc([C@]2(Cn3ccnc3)OC[C@@H](COc3ccc(N4CCN(Cc5ccc(-c6nc7ccccc7s6)cc5)CC4)cc3)O2)c(Cl)c1. The molecule has 8 nitrogen and oxygen atoms in total. The molecule has 0 aliphatic carbocycles. The van der Waals surface area contributed by atoms with Gasteiger partial charge in [-0.25, -0.2) is 9.97 Å². The summed E-state index contributed by atoms with van der Waals surface area (Å²) in [5.41, 5.74) is 5.48. The molecule has 2 aliphatic rings. The highest BCUT2D eigenvalue weighted by Crippen LogP contribution is 2.41. The molecular weight excluding hydrogens is 677 g/mol. The lowest BCUT2D eigenvalue weighted by Crippen LogP contribution is -2.45. The first-order valence-corrected chi connectivity index (χ1v) is 18.0. The van der Waals surface area contributed by atoms with Crippen molar-refractivity contribution in [1.29, 1.82) is 0 Å². The molecule has 4 aromatic carbocycles. The summed E-state index contributed by atoms with van der Waals surface area (Å²) < 4.78 is 22.1. The molecule has 0 saturated carbocycles. The van der Waals surface area contributed by atoms with E-state index in [1.54, 1.807) is 36.0 Å². The van der Waals surface area contributed by atoms with E-state index in [4.69, 9.17) is 42.4 Å². The van der Waals surface area contributed by atoms with Gasteiger partial charge in [-0.3, -0.25) is 4.90 Å². The Hall–Kier alpha value is -3.96. The van der Waals surface area contributed by atoms with E-state index in [9.17, 15) is 0 Å². The molecule has 2 aromatic heterocycles. The third-order valence-corrected chi connectivity index (χ3v) is 10.7. The van der Waals surface area contributed by atoms with Gasteiger partial charge in [0.25, 0.3) is 0 Å². The molecule has 4 heterocycles. The molecule has 0 N–H and O–H groups in total. The van der Waals surface area contributed by atoms with Gasteiger partial charge in [0.15, 0.2) is 0 Å². The van der Waals surface area contributed by atoms with E-state index in [0.717, 1.165) is 54.6 Å². The molecule has 0 bridgehead atoms. The van der Waals surface area contributed by atoms with Crippen molar-refractivity contribution < 1.29 is 14.2 Å². The average Bonchev–Trinajstić information content (AvgIpc) is 3.89. The van der Waals surface area contributed by atoms with E-state index in [1.807, 2.05) is 35.0 Å². The first-order valence-electron chi connectivity index (χ1n) is 16.4. The molecule has 2 atom stereocenters. The largest absolute Gasteiger partial charge is 0.491 e. The number of imidazole rings is 1. The molecule has 250 valence electrons. The number of thiazole rings is 1. The molecule has 0 amide bonds. The molecule has 6 aromatic rings. The second kappa shape index (κ2) is 14.1. The van der Waals surface area contributed by atoms with Crippen LogP contribution in [0.2, 0.25) is 10.0 Å². The summed E-state index contributed by atoms with van der Waals surface area (Å²) in [5, 5.41) is 2.11. The minimum atomic E-state index is -1.08. The van der Waals surface area contributed by atoms with Crippen LogP contribution >= 0.6 is 34.5 Å². The molecule has 2 aliphatic heterocycles. The highest BCUT2D eigenvalue weighted by Gasteiger charge is 2.45. The topological polar surface area (TPSA) is 64.9 Å². The number of anilines is 1. The second-order valence-electron chi connectivity index (χ2n) is 12.4. The molecular formula is C38H35Cl2N5O3S. The number of halogens is 2. The lowest BCUT2D eigenvalue weighted by molar-refractivity contribution is -0.189. The Kier molecular flexibility index (Phi) is 9.29. The molecule has 0 spiro atoms. The number of para-hydroxylation sites is 1. The van der Waals surface area contributed by atoms with Crippen molar-refractivity contribution in [3.05, 3.63) is 131 Å². The molecule has 11 heteroatoms. The average molecular weight is 713 g/mol. The quantitative estimate of drug-likeness (QED) is 0.142. The van der Waals surface area contributed by atoms with Crippen LogP contribution in [0.25, 0.3) is 20.8 Å². The second-order valence-corrected chi connectivity index (χ2v) is 14.3. The summed E-state index contributed by atoms with van der Waals surface area (Å²) >= 11 is 14.5. The van der Waals surface area contributed by atoms with Crippen molar-refractivity contribution in [3.63, 3.8) is 0 Å². The van der Waals surface area contributed by atoms with E-state index in [0.29, 0.717) is 29.8 Å². The van der Waals surface area contributed by atoms with Gasteiger partial charge in [-0.15, -0.1) is 11.3 Å². The Morgan fingerprint density at radius 1 is 0.918 bits per heavy atom. The maximum Gasteiger partial charge on any atom is 0.215 e. The first-order chi connectivity index (χ1) is 24.0. The standard InChI is InChI=1S/C38H35Cl2N5O3S/c39-29-9-14-33(34(40)21-29)38(25-44-16-15-41-26-44)47-24-32(48-38)23-46-31-12-10-30(11-13-31)45-19-17-43(18-20-45)22-27-5-7-28(8-6-27)37-42-35-3-1-2-4-36(35)49-37/h1-16,21,26,32H,17-20,22-25H2/t32-,38-/m1/s1. The van der Waals surface area contributed by atoms with Crippen molar-refractivity contribution in [2.75, 3.05) is 44.3 Å². The molecule has 8 rings (SSSR count). The zero-order valence-corrected chi connectivity index (χ0v) is 29.1. The third kappa shape index (κ3) is 7.19. The van der Waals surface area contributed by atoms with Crippen molar-refractivity contribution in [3.8, 4) is 16.3 Å². The summed E-state index contributed by atoms with van der Waals surface area (Å²) in [6.07, 6.45) is 5.04. The van der Waals surface area contributed by atoms with Gasteiger partial charge in [-0.1, -0.05) is 65.7 Å². The van der Waals surface area contributed by atoms with Gasteiger partial charge in [0.2, 0.25) is 5.79 Å². The Morgan fingerprint density at radius 2 is 1.73 bits per heavy atom. The van der Waals surface area contributed by atoms with Gasteiger partial charge in [0.05, 0.1) is 34.7 Å². The molecule has 49 heavy (non-hydrogen) atoms. The summed E-state index contributed by atoms with van der Waals surface area (Å²) in [5.74, 6) is -0.292. The van der Waals surface area contributed by atoms with Crippen LogP contribution < -0.4 is 9.64 Å². The number of hydrogen-bond donors (Lipinski definition) is 0. The number of nitrogens with zero attached hydrogens (tertiary/aromatic N) is 5. The van der Waals surface area contributed by atoms with Crippen LogP contribution in [0.1, 0.15) is 11.1 Å². The van der Waals surface area contributed by atoms with Crippen LogP contribution in [-0.4, -0.2) is 64.9 Å². The van der Waals surface area contributed by atoms with E-state index >= 15 is 0 Å². The Labute approximate surface area is 299 Å². The number of aromatic nitrogens is 3. The van der Waals surface area contributed by atoms with Crippen LogP contribution in [-0.2, 0) is 28.4 Å². The number of ether oxygens (including phenoxy) is 3. The number of hydrogen-bond acceptors (Lipinski definition) is 8. The maximum atomic E-state index is 6.61. The van der Waals surface area contributed by atoms with Gasteiger partial charge < -0.3 is 23.7 Å². The van der Waals surface area contributed by atoms with Crippen LogP contribution in [0, 0.1) is 0 Å². The van der Waals surface area contributed by atoms with Crippen LogP contribution in [0.3, 0.4) is 0 Å². The summed E-state index contributed by atoms with van der Waals surface area (Å²) in [6, 6.07) is 30.9. The van der Waals surface area contributed by atoms with Crippen LogP contribution in [0.15, 0.2) is 110 Å². The number of piperazine rings is 1. The Bertz CT molecular complexity index is 1980. The van der Waals surface area contributed by atoms with Crippen molar-refractivity contribution in [2.24, 2.45) is 0 Å². The zero-order valence-electron chi connectivity index (χ0n) is 26.8. The summed E-state index contributed by atoms with van der Waals surface area (Å²) in [4.78, 5) is 13.9. The minimum absolute atomic E-state index is 0.285. The van der Waals surface area contributed by atoms with Crippen molar-refractivity contribution in [1.82, 2.24) is 19.4 Å². The van der Waals surface area contributed by atoms with E-state index in [1.165, 1.54) is 21.5 Å². The fraction of sp³-hybridized carbons (Fsp3) is 0.263. The van der Waals surface area contributed by atoms with E-state index in [-0.39, 0.29) is 6.10 Å². The fourth-order valence-electron chi connectivity index (χ4n) is 6.49. The first kappa shape index (κ1) is 32.3. The smallest absolute Gasteiger partial charge is 0.215 e. The Morgan fingerprint density at radius 3 is 2.49 bits per heavy atom. The van der Waals surface area contributed by atoms with Gasteiger partial charge in [-0.2, -0.15) is 0 Å². The minimum Gasteiger partial charge on any atom is -0.491 e. The Balaban J connectivity index is 0.829. The predicted molar refractivity (Wildman–Crippen MR) is 196 cm³/mol. The monoisotopic (exact) mass is 711 g/mol. The fourth-order valence-corrected chi connectivity index (χ4v) is 8.01. The zero-order chi connectivity index (χ0) is 33.2. The lowest BCUT2D eigenvalue weighted by Gasteiger charge is -2.36. The van der Waals surface area contributed by atoms with Gasteiger partial charge in [-0.05, 0) is 54.1 Å². The highest BCUT2D eigenvalue weighted by molar-refractivity contribution is 7.21. The van der Waals surface area contributed by atoms with Crippen molar-refractivity contribution in [2.45, 2.75) is 25.0 Å². The van der Waals surface area contributed by atoms with E-state index in [2.05, 4.69) is 69.4 Å². The summed E-state index contributed by atoms with van der Waals surface area (Å²) in [6.45, 7) is 6.02. The lowest BCUT2D eigenvalue weighted by atomic mass is 10.1. The van der Waals surface area contributed by atoms with Gasteiger partial charge >= 0.3 is 0 Å². The molecule has 0 unspecified atom stereocenters. The van der Waals surface area contributed by atoms with E-state index < -0.39 is 5.79 Å². The van der Waals surface area contributed by atoms with Gasteiger partial charge in [0.1, 0.15) is 23.5 Å². The molecule has 2 fully saturated rings. The number of rotatable bonds is 10.